The van der Waals surface area contributed by atoms with Crippen LogP contribution in [0.3, 0.4) is 0 Å². The Morgan fingerprint density at radius 3 is 2.48 bits per heavy atom. The number of nitrogens with zero attached hydrogens (tertiary/aromatic N) is 2. The third kappa shape index (κ3) is 5.08. The molecule has 1 aliphatic heterocycles. The van der Waals surface area contributed by atoms with Crippen molar-refractivity contribution in [3.8, 4) is 17.2 Å². The summed E-state index contributed by atoms with van der Waals surface area (Å²) in [6, 6.07) is 8.90. The van der Waals surface area contributed by atoms with Gasteiger partial charge < -0.3 is 14.2 Å². The van der Waals surface area contributed by atoms with Crippen molar-refractivity contribution in [1.82, 2.24) is 16.3 Å². The zero-order chi connectivity index (χ0) is 22.4. The molecule has 2 aromatic rings. The van der Waals surface area contributed by atoms with E-state index in [1.165, 1.54) is 39.7 Å². The number of hydrogen-bond donors (Lipinski definition) is 3. The van der Waals surface area contributed by atoms with Crippen LogP contribution in [-0.4, -0.2) is 44.4 Å². The quantitative estimate of drug-likeness (QED) is 0.328. The molecule has 2 unspecified atom stereocenters. The summed E-state index contributed by atoms with van der Waals surface area (Å²) < 4.78 is 15.9. The Labute approximate surface area is 178 Å². The molecule has 2 aromatic carbocycles. The molecule has 0 spiro atoms. The molecule has 0 aromatic heterocycles. The third-order valence-corrected chi connectivity index (χ3v) is 4.78. The summed E-state index contributed by atoms with van der Waals surface area (Å²) in [5, 5.41) is 15.0. The second-order valence-electron chi connectivity index (χ2n) is 6.67. The second kappa shape index (κ2) is 9.87. The van der Waals surface area contributed by atoms with Crippen LogP contribution in [0, 0.1) is 10.1 Å². The van der Waals surface area contributed by atoms with Gasteiger partial charge in [0.15, 0.2) is 11.5 Å². The normalized spacial score (nSPS) is 18.0. The molecule has 1 saturated heterocycles. The van der Waals surface area contributed by atoms with Gasteiger partial charge in [-0.05, 0) is 24.1 Å². The molecule has 0 radical (unpaired) electrons. The Hall–Kier alpha value is -3.70. The fourth-order valence-corrected chi connectivity index (χ4v) is 3.23. The van der Waals surface area contributed by atoms with E-state index in [1.54, 1.807) is 24.3 Å². The third-order valence-electron chi connectivity index (χ3n) is 4.78. The minimum atomic E-state index is -0.554. The van der Waals surface area contributed by atoms with E-state index in [-0.39, 0.29) is 17.6 Å². The van der Waals surface area contributed by atoms with Gasteiger partial charge in [0.05, 0.1) is 32.5 Å². The van der Waals surface area contributed by atoms with Gasteiger partial charge in [-0.2, -0.15) is 5.10 Å². The van der Waals surface area contributed by atoms with Crippen LogP contribution in [0.2, 0.25) is 0 Å². The Morgan fingerprint density at radius 1 is 1.16 bits per heavy atom. The van der Waals surface area contributed by atoms with Crippen molar-refractivity contribution < 1.29 is 23.9 Å². The Bertz CT molecular complexity index is 971. The van der Waals surface area contributed by atoms with Gasteiger partial charge >= 0.3 is 0 Å². The number of carbonyl (C=O) groups excluding carboxylic acids is 1. The van der Waals surface area contributed by atoms with E-state index in [1.807, 2.05) is 0 Å². The lowest BCUT2D eigenvalue weighted by atomic mass is 10.0. The monoisotopic (exact) mass is 429 g/mol. The Kier molecular flexibility index (Phi) is 7.00. The van der Waals surface area contributed by atoms with Gasteiger partial charge in [0, 0.05) is 23.7 Å². The summed E-state index contributed by atoms with van der Waals surface area (Å²) >= 11 is 0. The number of benzene rings is 2. The number of hydrazine groups is 1. The lowest BCUT2D eigenvalue weighted by molar-refractivity contribution is -0.384. The molecule has 2 atom stereocenters. The van der Waals surface area contributed by atoms with Gasteiger partial charge in [-0.15, -0.1) is 0 Å². The standard InChI is InChI=1S/C20H23N5O6/c1-29-17-7-12(8-18(30-2)19(17)31-3)11-21-24-20(26)16-10-15(22-23-16)13-5-4-6-14(9-13)25(27)28/h4-9,11,15-16,22-23H,10H2,1-3H3,(H,24,26)/b21-11+. The Morgan fingerprint density at radius 2 is 1.87 bits per heavy atom. The molecule has 11 nitrogen and oxygen atoms in total. The number of nitro groups is 1. The van der Waals surface area contributed by atoms with Crippen LogP contribution in [0.4, 0.5) is 5.69 Å². The first-order valence-electron chi connectivity index (χ1n) is 9.35. The lowest BCUT2D eigenvalue weighted by Gasteiger charge is -2.12. The summed E-state index contributed by atoms with van der Waals surface area (Å²) in [5.74, 6) is 1.05. The molecule has 31 heavy (non-hydrogen) atoms. The fourth-order valence-electron chi connectivity index (χ4n) is 3.23. The van der Waals surface area contributed by atoms with Gasteiger partial charge in [-0.1, -0.05) is 12.1 Å². The van der Waals surface area contributed by atoms with Gasteiger partial charge in [0.2, 0.25) is 5.75 Å². The van der Waals surface area contributed by atoms with Gasteiger partial charge in [0.25, 0.3) is 11.6 Å². The molecule has 0 aliphatic carbocycles. The number of nitrogens with one attached hydrogen (secondary N) is 3. The highest BCUT2D eigenvalue weighted by molar-refractivity contribution is 5.86. The number of amides is 1. The number of nitro benzene ring substituents is 1. The van der Waals surface area contributed by atoms with Crippen LogP contribution in [0.5, 0.6) is 17.2 Å². The average Bonchev–Trinajstić information content (AvgIpc) is 3.28. The number of hydrogen-bond acceptors (Lipinski definition) is 9. The zero-order valence-corrected chi connectivity index (χ0v) is 17.2. The van der Waals surface area contributed by atoms with Gasteiger partial charge in [-0.25, -0.2) is 16.3 Å². The second-order valence-corrected chi connectivity index (χ2v) is 6.67. The number of non-ortho nitro benzene ring substituents is 1. The van der Waals surface area contributed by atoms with Crippen LogP contribution in [0.25, 0.3) is 0 Å². The Balaban J connectivity index is 1.62. The summed E-state index contributed by atoms with van der Waals surface area (Å²) in [7, 11) is 4.53. The topological polar surface area (TPSA) is 136 Å². The van der Waals surface area contributed by atoms with Gasteiger partial charge in [0.1, 0.15) is 6.04 Å². The minimum Gasteiger partial charge on any atom is -0.493 e. The summed E-state index contributed by atoms with van der Waals surface area (Å²) in [6.07, 6.45) is 1.87. The van der Waals surface area contributed by atoms with E-state index >= 15 is 0 Å². The van der Waals surface area contributed by atoms with Crippen molar-refractivity contribution in [2.24, 2.45) is 5.10 Å². The first-order valence-corrected chi connectivity index (χ1v) is 9.35. The maximum atomic E-state index is 12.4. The predicted molar refractivity (Wildman–Crippen MR) is 112 cm³/mol. The predicted octanol–water partition coefficient (Wildman–Crippen LogP) is 1.68. The number of carbonyl (C=O) groups is 1. The molecule has 1 heterocycles. The highest BCUT2D eigenvalue weighted by atomic mass is 16.6. The van der Waals surface area contributed by atoms with E-state index in [9.17, 15) is 14.9 Å². The molecule has 0 bridgehead atoms. The van der Waals surface area contributed by atoms with Crippen LogP contribution >= 0.6 is 0 Å². The molecular weight excluding hydrogens is 406 g/mol. The van der Waals surface area contributed by atoms with Crippen molar-refractivity contribution in [3.63, 3.8) is 0 Å². The molecular formula is C20H23N5O6. The van der Waals surface area contributed by atoms with Crippen molar-refractivity contribution in [2.75, 3.05) is 21.3 Å². The van der Waals surface area contributed by atoms with E-state index in [0.29, 0.717) is 29.2 Å². The van der Waals surface area contributed by atoms with E-state index in [2.05, 4.69) is 21.4 Å². The fraction of sp³-hybridized carbons (Fsp3) is 0.300. The zero-order valence-electron chi connectivity index (χ0n) is 17.2. The number of methoxy groups -OCH3 is 3. The number of ether oxygens (including phenoxy) is 3. The minimum absolute atomic E-state index is 0.00199. The molecule has 1 aliphatic rings. The van der Waals surface area contributed by atoms with Crippen LogP contribution in [-0.2, 0) is 4.79 Å². The van der Waals surface area contributed by atoms with E-state index in [4.69, 9.17) is 14.2 Å². The maximum Gasteiger partial charge on any atom is 0.269 e. The summed E-state index contributed by atoms with van der Waals surface area (Å²) in [5.41, 5.74) is 9.73. The smallest absolute Gasteiger partial charge is 0.269 e. The van der Waals surface area contributed by atoms with Crippen LogP contribution in [0.15, 0.2) is 41.5 Å². The van der Waals surface area contributed by atoms with Crippen LogP contribution < -0.4 is 30.5 Å². The highest BCUT2D eigenvalue weighted by Gasteiger charge is 2.30. The lowest BCUT2D eigenvalue weighted by Crippen LogP contribution is -2.41. The molecule has 164 valence electrons. The number of hydrazone groups is 1. The van der Waals surface area contributed by atoms with Crippen molar-refractivity contribution in [2.45, 2.75) is 18.5 Å². The van der Waals surface area contributed by atoms with Crippen molar-refractivity contribution in [3.05, 3.63) is 57.6 Å². The molecule has 11 heteroatoms. The molecule has 1 fully saturated rings. The van der Waals surface area contributed by atoms with Crippen molar-refractivity contribution in [1.29, 1.82) is 0 Å². The van der Waals surface area contributed by atoms with Gasteiger partial charge in [-0.3, -0.25) is 14.9 Å². The molecule has 3 N–H and O–H groups in total. The van der Waals surface area contributed by atoms with E-state index in [0.717, 1.165) is 5.56 Å². The largest absolute Gasteiger partial charge is 0.493 e. The summed E-state index contributed by atoms with van der Waals surface area (Å²) in [6.45, 7) is 0. The van der Waals surface area contributed by atoms with E-state index < -0.39 is 11.0 Å². The molecule has 1 amide bonds. The average molecular weight is 429 g/mol. The van der Waals surface area contributed by atoms with Crippen LogP contribution in [0.1, 0.15) is 23.6 Å². The molecule has 3 rings (SSSR count). The maximum absolute atomic E-state index is 12.4. The summed E-state index contributed by atoms with van der Waals surface area (Å²) in [4.78, 5) is 22.9. The molecule has 0 saturated carbocycles. The highest BCUT2D eigenvalue weighted by Crippen LogP contribution is 2.37. The first kappa shape index (κ1) is 22.0. The SMILES string of the molecule is COc1cc(/C=N/NC(=O)C2CC(c3cccc([N+](=O)[O-])c3)NN2)cc(OC)c1OC. The van der Waals surface area contributed by atoms with Crippen molar-refractivity contribution >= 4 is 17.8 Å². The first-order chi connectivity index (χ1) is 15.0. The number of rotatable bonds is 8.